The number of rotatable bonds is 2. The molecule has 2 aromatic rings. The largest absolute Gasteiger partial charge is 0.281 e. The summed E-state index contributed by atoms with van der Waals surface area (Å²) in [5.41, 5.74) is 0.626. The van der Waals surface area contributed by atoms with Gasteiger partial charge in [0.05, 0.1) is 11.0 Å². The second-order valence-electron chi connectivity index (χ2n) is 3.27. The Labute approximate surface area is 99.7 Å². The van der Waals surface area contributed by atoms with Crippen molar-refractivity contribution < 1.29 is 4.39 Å². The van der Waals surface area contributed by atoms with Crippen molar-refractivity contribution in [2.24, 2.45) is 0 Å². The van der Waals surface area contributed by atoms with Crippen LogP contribution in [-0.2, 0) is 6.54 Å². The molecule has 0 aliphatic rings. The van der Waals surface area contributed by atoms with Gasteiger partial charge in [-0.1, -0.05) is 12.1 Å². The summed E-state index contributed by atoms with van der Waals surface area (Å²) in [7, 11) is 0. The Hall–Kier alpha value is -1.49. The zero-order chi connectivity index (χ0) is 11.5. The molecule has 16 heavy (non-hydrogen) atoms. The van der Waals surface area contributed by atoms with Gasteiger partial charge < -0.3 is 0 Å². The number of halogens is 2. The summed E-state index contributed by atoms with van der Waals surface area (Å²) in [6, 6.07) is 7.56. The summed E-state index contributed by atoms with van der Waals surface area (Å²) in [5.74, 6) is -0.293. The van der Waals surface area contributed by atoms with Crippen LogP contribution in [0.25, 0.3) is 0 Å². The SMILES string of the molecule is O=c1c(Br)ccnn1Cc1ccc(F)cc1. The van der Waals surface area contributed by atoms with E-state index < -0.39 is 0 Å². The maximum atomic E-state index is 12.7. The van der Waals surface area contributed by atoms with E-state index in [2.05, 4.69) is 21.0 Å². The Morgan fingerprint density at radius 3 is 2.62 bits per heavy atom. The zero-order valence-electron chi connectivity index (χ0n) is 8.23. The third-order valence-electron chi connectivity index (χ3n) is 2.11. The lowest BCUT2D eigenvalue weighted by Crippen LogP contribution is -2.23. The highest BCUT2D eigenvalue weighted by Crippen LogP contribution is 2.04. The lowest BCUT2D eigenvalue weighted by molar-refractivity contribution is 0.617. The topological polar surface area (TPSA) is 34.9 Å². The van der Waals surface area contributed by atoms with E-state index in [0.29, 0.717) is 11.0 Å². The first-order chi connectivity index (χ1) is 7.66. The fraction of sp³-hybridized carbons (Fsp3) is 0.0909. The van der Waals surface area contributed by atoms with Crippen molar-refractivity contribution in [2.75, 3.05) is 0 Å². The molecule has 0 fully saturated rings. The lowest BCUT2D eigenvalue weighted by Gasteiger charge is -2.04. The molecule has 0 amide bonds. The average molecular weight is 283 g/mol. The van der Waals surface area contributed by atoms with E-state index in [4.69, 9.17) is 0 Å². The molecule has 0 saturated heterocycles. The molecule has 3 nitrogen and oxygen atoms in total. The molecular weight excluding hydrogens is 275 g/mol. The molecule has 0 bridgehead atoms. The van der Waals surface area contributed by atoms with E-state index in [0.717, 1.165) is 5.56 Å². The van der Waals surface area contributed by atoms with E-state index in [9.17, 15) is 9.18 Å². The quantitative estimate of drug-likeness (QED) is 0.846. The number of aromatic nitrogens is 2. The maximum absolute atomic E-state index is 12.7. The van der Waals surface area contributed by atoms with Crippen LogP contribution in [0.4, 0.5) is 4.39 Å². The molecule has 1 heterocycles. The fourth-order valence-electron chi connectivity index (χ4n) is 1.30. The van der Waals surface area contributed by atoms with Gasteiger partial charge in [-0.25, -0.2) is 9.07 Å². The summed E-state index contributed by atoms with van der Waals surface area (Å²) in [5, 5.41) is 3.94. The van der Waals surface area contributed by atoms with Crippen molar-refractivity contribution in [2.45, 2.75) is 6.54 Å². The van der Waals surface area contributed by atoms with Crippen molar-refractivity contribution in [1.29, 1.82) is 0 Å². The second-order valence-corrected chi connectivity index (χ2v) is 4.12. The summed E-state index contributed by atoms with van der Waals surface area (Å²) < 4.78 is 14.5. The van der Waals surface area contributed by atoms with Gasteiger partial charge in [0.15, 0.2) is 0 Å². The summed E-state index contributed by atoms with van der Waals surface area (Å²) in [6.45, 7) is 0.332. The number of benzene rings is 1. The Kier molecular flexibility index (Phi) is 3.14. The smallest absolute Gasteiger partial charge is 0.266 e. The Morgan fingerprint density at radius 2 is 1.94 bits per heavy atom. The molecule has 2 rings (SSSR count). The van der Waals surface area contributed by atoms with Crippen LogP contribution in [0, 0.1) is 5.82 Å². The van der Waals surface area contributed by atoms with E-state index >= 15 is 0 Å². The van der Waals surface area contributed by atoms with Gasteiger partial charge in [0, 0.05) is 6.20 Å². The van der Waals surface area contributed by atoms with Crippen molar-refractivity contribution >= 4 is 15.9 Å². The molecule has 0 unspecified atom stereocenters. The van der Waals surface area contributed by atoms with E-state index in [1.54, 1.807) is 18.2 Å². The van der Waals surface area contributed by atoms with Gasteiger partial charge in [-0.2, -0.15) is 5.10 Å². The van der Waals surface area contributed by atoms with E-state index in [-0.39, 0.29) is 11.4 Å². The number of hydrogen-bond acceptors (Lipinski definition) is 2. The first kappa shape index (κ1) is 11.0. The standard InChI is InChI=1S/C11H8BrFN2O/c12-10-5-6-14-15(11(10)16)7-8-1-3-9(13)4-2-8/h1-6H,7H2. The van der Waals surface area contributed by atoms with Crippen LogP contribution >= 0.6 is 15.9 Å². The third kappa shape index (κ3) is 2.36. The average Bonchev–Trinajstić information content (AvgIpc) is 2.28. The molecule has 0 aliphatic heterocycles. The van der Waals surface area contributed by atoms with Gasteiger partial charge in [-0.05, 0) is 39.7 Å². The van der Waals surface area contributed by atoms with Crippen LogP contribution in [0.5, 0.6) is 0 Å². The van der Waals surface area contributed by atoms with Crippen LogP contribution in [0.2, 0.25) is 0 Å². The van der Waals surface area contributed by atoms with Crippen LogP contribution in [0.1, 0.15) is 5.56 Å². The van der Waals surface area contributed by atoms with Crippen molar-refractivity contribution in [3.05, 3.63) is 62.7 Å². The monoisotopic (exact) mass is 282 g/mol. The van der Waals surface area contributed by atoms with Crippen LogP contribution in [-0.4, -0.2) is 9.78 Å². The van der Waals surface area contributed by atoms with E-state index in [1.165, 1.54) is 23.0 Å². The molecule has 0 spiro atoms. The normalized spacial score (nSPS) is 10.4. The van der Waals surface area contributed by atoms with Crippen LogP contribution < -0.4 is 5.56 Å². The first-order valence-electron chi connectivity index (χ1n) is 4.63. The minimum atomic E-state index is -0.293. The molecule has 1 aromatic carbocycles. The number of nitrogens with zero attached hydrogens (tertiary/aromatic N) is 2. The summed E-state index contributed by atoms with van der Waals surface area (Å²) in [6.07, 6.45) is 1.54. The third-order valence-corrected chi connectivity index (χ3v) is 2.71. The highest BCUT2D eigenvalue weighted by molar-refractivity contribution is 9.10. The van der Waals surface area contributed by atoms with Gasteiger partial charge in [-0.15, -0.1) is 0 Å². The van der Waals surface area contributed by atoms with Crippen LogP contribution in [0.3, 0.4) is 0 Å². The van der Waals surface area contributed by atoms with Crippen molar-refractivity contribution in [3.8, 4) is 0 Å². The van der Waals surface area contributed by atoms with E-state index in [1.807, 2.05) is 0 Å². The highest BCUT2D eigenvalue weighted by Gasteiger charge is 2.02. The molecule has 0 aliphatic carbocycles. The predicted octanol–water partition coefficient (Wildman–Crippen LogP) is 2.19. The van der Waals surface area contributed by atoms with Crippen molar-refractivity contribution in [3.63, 3.8) is 0 Å². The Morgan fingerprint density at radius 1 is 1.25 bits per heavy atom. The second kappa shape index (κ2) is 4.57. The Balaban J connectivity index is 2.31. The molecule has 0 saturated carbocycles. The number of hydrogen-bond donors (Lipinski definition) is 0. The summed E-state index contributed by atoms with van der Waals surface area (Å²) in [4.78, 5) is 11.6. The minimum absolute atomic E-state index is 0.202. The highest BCUT2D eigenvalue weighted by atomic mass is 79.9. The molecule has 82 valence electrons. The minimum Gasteiger partial charge on any atom is -0.266 e. The van der Waals surface area contributed by atoms with Gasteiger partial charge in [0.1, 0.15) is 5.82 Å². The Bertz CT molecular complexity index is 551. The van der Waals surface area contributed by atoms with Gasteiger partial charge in [0.25, 0.3) is 5.56 Å². The van der Waals surface area contributed by atoms with Gasteiger partial charge >= 0.3 is 0 Å². The van der Waals surface area contributed by atoms with Gasteiger partial charge in [0.2, 0.25) is 0 Å². The fourth-order valence-corrected chi connectivity index (χ4v) is 1.62. The molecule has 5 heteroatoms. The molecule has 0 radical (unpaired) electrons. The molecular formula is C11H8BrFN2O. The van der Waals surface area contributed by atoms with Crippen molar-refractivity contribution in [1.82, 2.24) is 9.78 Å². The zero-order valence-corrected chi connectivity index (χ0v) is 9.82. The lowest BCUT2D eigenvalue weighted by atomic mass is 10.2. The molecule has 0 N–H and O–H groups in total. The van der Waals surface area contributed by atoms with Gasteiger partial charge in [-0.3, -0.25) is 4.79 Å². The molecule has 1 aromatic heterocycles. The maximum Gasteiger partial charge on any atom is 0.281 e. The predicted molar refractivity (Wildman–Crippen MR) is 61.7 cm³/mol. The molecule has 0 atom stereocenters. The summed E-state index contributed by atoms with van der Waals surface area (Å²) >= 11 is 3.14. The first-order valence-corrected chi connectivity index (χ1v) is 5.42. The van der Waals surface area contributed by atoms with Crippen LogP contribution in [0.15, 0.2) is 45.8 Å².